The molecule has 2 N–H and O–H groups in total. The third kappa shape index (κ3) is 1.76. The van der Waals surface area contributed by atoms with E-state index < -0.39 is 0 Å². The lowest BCUT2D eigenvalue weighted by atomic mass is 10.1. The highest BCUT2D eigenvalue weighted by atomic mass is 15.2. The first-order valence-corrected chi connectivity index (χ1v) is 6.27. The van der Waals surface area contributed by atoms with Crippen molar-refractivity contribution in [2.75, 3.05) is 13.1 Å². The van der Waals surface area contributed by atoms with E-state index in [9.17, 15) is 0 Å². The monoisotopic (exact) mass is 216 g/mol. The van der Waals surface area contributed by atoms with Crippen LogP contribution in [-0.2, 0) is 6.54 Å². The molecule has 0 aromatic heterocycles. The van der Waals surface area contributed by atoms with Gasteiger partial charge in [0.05, 0.1) is 0 Å². The van der Waals surface area contributed by atoms with E-state index in [1.54, 1.807) is 0 Å². The Hall–Kier alpha value is -0.860. The van der Waals surface area contributed by atoms with Gasteiger partial charge >= 0.3 is 0 Å². The Labute approximate surface area is 97.4 Å². The maximum absolute atomic E-state index is 5.97. The Morgan fingerprint density at radius 3 is 2.44 bits per heavy atom. The first kappa shape index (κ1) is 10.3. The number of piperidine rings is 1. The Morgan fingerprint density at radius 1 is 1.25 bits per heavy atom. The second-order valence-electron chi connectivity index (χ2n) is 5.44. The number of benzene rings is 1. The Bertz CT molecular complexity index is 348. The van der Waals surface area contributed by atoms with Crippen LogP contribution in [0.4, 0.5) is 0 Å². The fourth-order valence-corrected chi connectivity index (χ4v) is 3.41. The summed E-state index contributed by atoms with van der Waals surface area (Å²) >= 11 is 0. The minimum Gasteiger partial charge on any atom is -0.328 e. The highest BCUT2D eigenvalue weighted by molar-refractivity contribution is 5.16. The van der Waals surface area contributed by atoms with Crippen LogP contribution in [0.5, 0.6) is 0 Å². The SMILES string of the molecule is C[C@@H](N)C1[C@H]2CN(Cc3ccccc3)C[C@@H]12. The average molecular weight is 216 g/mol. The van der Waals surface area contributed by atoms with Gasteiger partial charge in [-0.05, 0) is 30.2 Å². The van der Waals surface area contributed by atoms with Gasteiger partial charge in [0.15, 0.2) is 0 Å². The molecule has 1 aromatic rings. The van der Waals surface area contributed by atoms with Crippen LogP contribution < -0.4 is 5.73 Å². The lowest BCUT2D eigenvalue weighted by molar-refractivity contribution is 0.270. The van der Waals surface area contributed by atoms with Crippen molar-refractivity contribution < 1.29 is 0 Å². The third-order valence-corrected chi connectivity index (χ3v) is 4.19. The van der Waals surface area contributed by atoms with Gasteiger partial charge < -0.3 is 5.73 Å². The molecule has 1 saturated carbocycles. The van der Waals surface area contributed by atoms with E-state index in [0.717, 1.165) is 24.3 Å². The number of rotatable bonds is 3. The molecule has 1 unspecified atom stereocenters. The van der Waals surface area contributed by atoms with Crippen LogP contribution in [0.3, 0.4) is 0 Å². The fourth-order valence-electron chi connectivity index (χ4n) is 3.41. The summed E-state index contributed by atoms with van der Waals surface area (Å²) in [6, 6.07) is 11.2. The van der Waals surface area contributed by atoms with Crippen LogP contribution >= 0.6 is 0 Å². The van der Waals surface area contributed by atoms with Gasteiger partial charge in [-0.1, -0.05) is 30.3 Å². The van der Waals surface area contributed by atoms with Crippen LogP contribution in [0.25, 0.3) is 0 Å². The Balaban J connectivity index is 1.55. The molecule has 1 aliphatic carbocycles. The molecule has 3 rings (SSSR count). The first-order chi connectivity index (χ1) is 7.75. The molecule has 2 heteroatoms. The number of hydrogen-bond acceptors (Lipinski definition) is 2. The Morgan fingerprint density at radius 2 is 1.88 bits per heavy atom. The molecule has 1 aliphatic heterocycles. The predicted molar refractivity (Wildman–Crippen MR) is 65.8 cm³/mol. The van der Waals surface area contributed by atoms with E-state index in [0.29, 0.717) is 6.04 Å². The molecule has 4 atom stereocenters. The van der Waals surface area contributed by atoms with Gasteiger partial charge in [0.2, 0.25) is 0 Å². The van der Waals surface area contributed by atoms with Gasteiger partial charge in [-0.3, -0.25) is 4.90 Å². The molecule has 0 spiro atoms. The highest BCUT2D eigenvalue weighted by Crippen LogP contribution is 2.53. The highest BCUT2D eigenvalue weighted by Gasteiger charge is 2.56. The zero-order valence-electron chi connectivity index (χ0n) is 9.84. The average Bonchev–Trinajstić information content (AvgIpc) is 2.79. The maximum atomic E-state index is 5.97. The van der Waals surface area contributed by atoms with E-state index in [1.165, 1.54) is 18.7 Å². The quantitative estimate of drug-likeness (QED) is 0.833. The molecule has 16 heavy (non-hydrogen) atoms. The van der Waals surface area contributed by atoms with Crippen LogP contribution in [0.15, 0.2) is 30.3 Å². The summed E-state index contributed by atoms with van der Waals surface area (Å²) < 4.78 is 0. The van der Waals surface area contributed by atoms with Gasteiger partial charge in [0.1, 0.15) is 0 Å². The van der Waals surface area contributed by atoms with Crippen molar-refractivity contribution >= 4 is 0 Å². The smallest absolute Gasteiger partial charge is 0.0233 e. The summed E-state index contributed by atoms with van der Waals surface area (Å²) in [5, 5.41) is 0. The summed E-state index contributed by atoms with van der Waals surface area (Å²) in [6.07, 6.45) is 0. The van der Waals surface area contributed by atoms with Crippen LogP contribution in [-0.4, -0.2) is 24.0 Å². The standard InChI is InChI=1S/C14H20N2/c1-10(15)14-12-8-16(9-13(12)14)7-11-5-3-2-4-6-11/h2-6,10,12-14H,7-9,15H2,1H3/t10-,12-,13+,14?/m1/s1. The summed E-state index contributed by atoms with van der Waals surface area (Å²) in [5.74, 6) is 2.60. The van der Waals surface area contributed by atoms with Crippen LogP contribution in [0, 0.1) is 17.8 Å². The number of likely N-dealkylation sites (tertiary alicyclic amines) is 1. The molecule has 1 aromatic carbocycles. The van der Waals surface area contributed by atoms with Gasteiger partial charge in [0, 0.05) is 25.7 Å². The predicted octanol–water partition coefficient (Wildman–Crippen LogP) is 1.71. The van der Waals surface area contributed by atoms with E-state index in [1.807, 2.05) is 0 Å². The van der Waals surface area contributed by atoms with Crippen molar-refractivity contribution in [2.24, 2.45) is 23.5 Å². The number of fused-ring (bicyclic) bond motifs is 1. The van der Waals surface area contributed by atoms with Crippen molar-refractivity contribution in [3.05, 3.63) is 35.9 Å². The van der Waals surface area contributed by atoms with E-state index in [4.69, 9.17) is 5.73 Å². The van der Waals surface area contributed by atoms with Crippen molar-refractivity contribution in [1.82, 2.24) is 4.90 Å². The lowest BCUT2D eigenvalue weighted by Crippen LogP contribution is -2.29. The zero-order valence-corrected chi connectivity index (χ0v) is 9.84. The number of hydrogen-bond donors (Lipinski definition) is 1. The van der Waals surface area contributed by atoms with Gasteiger partial charge in [-0.2, -0.15) is 0 Å². The fraction of sp³-hybridized carbons (Fsp3) is 0.571. The van der Waals surface area contributed by atoms with E-state index in [2.05, 4.69) is 42.2 Å². The minimum absolute atomic E-state index is 0.397. The molecule has 86 valence electrons. The molecule has 0 bridgehead atoms. The second kappa shape index (κ2) is 3.86. The third-order valence-electron chi connectivity index (χ3n) is 4.19. The van der Waals surface area contributed by atoms with Crippen molar-refractivity contribution in [3.8, 4) is 0 Å². The zero-order chi connectivity index (χ0) is 11.1. The summed E-state index contributed by atoms with van der Waals surface area (Å²) in [5.41, 5.74) is 7.40. The molecule has 0 radical (unpaired) electrons. The first-order valence-electron chi connectivity index (χ1n) is 6.27. The normalized spacial score (nSPS) is 34.8. The van der Waals surface area contributed by atoms with E-state index in [-0.39, 0.29) is 0 Å². The minimum atomic E-state index is 0.397. The van der Waals surface area contributed by atoms with Crippen molar-refractivity contribution in [3.63, 3.8) is 0 Å². The molecule has 2 fully saturated rings. The van der Waals surface area contributed by atoms with Crippen LogP contribution in [0.2, 0.25) is 0 Å². The molecular formula is C14H20N2. The summed E-state index contributed by atoms with van der Waals surface area (Å²) in [6.45, 7) is 5.78. The van der Waals surface area contributed by atoms with Crippen molar-refractivity contribution in [1.29, 1.82) is 0 Å². The molecule has 1 saturated heterocycles. The number of nitrogens with two attached hydrogens (primary N) is 1. The second-order valence-corrected chi connectivity index (χ2v) is 5.44. The molecule has 2 aliphatic rings. The molecule has 0 amide bonds. The summed E-state index contributed by atoms with van der Waals surface area (Å²) in [7, 11) is 0. The van der Waals surface area contributed by atoms with Crippen molar-refractivity contribution in [2.45, 2.75) is 19.5 Å². The summed E-state index contributed by atoms with van der Waals surface area (Å²) in [4.78, 5) is 2.57. The molecule has 1 heterocycles. The topological polar surface area (TPSA) is 29.3 Å². The van der Waals surface area contributed by atoms with Gasteiger partial charge in [-0.15, -0.1) is 0 Å². The molecular weight excluding hydrogens is 196 g/mol. The lowest BCUT2D eigenvalue weighted by Gasteiger charge is -2.20. The van der Waals surface area contributed by atoms with E-state index >= 15 is 0 Å². The largest absolute Gasteiger partial charge is 0.328 e. The van der Waals surface area contributed by atoms with Gasteiger partial charge in [-0.25, -0.2) is 0 Å². The number of nitrogens with zero attached hydrogens (tertiary/aromatic N) is 1. The maximum Gasteiger partial charge on any atom is 0.0233 e. The Kier molecular flexibility index (Phi) is 2.49. The van der Waals surface area contributed by atoms with Gasteiger partial charge in [0.25, 0.3) is 0 Å². The molecule has 2 nitrogen and oxygen atoms in total. The van der Waals surface area contributed by atoms with Crippen LogP contribution in [0.1, 0.15) is 12.5 Å².